The van der Waals surface area contributed by atoms with Gasteiger partial charge in [0.1, 0.15) is 0 Å². The molecule has 1 unspecified atom stereocenters. The van der Waals surface area contributed by atoms with Crippen molar-refractivity contribution in [1.29, 1.82) is 0 Å². The minimum atomic E-state index is -3.04. The monoisotopic (exact) mass is 259 g/mol. The second-order valence-corrected chi connectivity index (χ2v) is 8.25. The van der Waals surface area contributed by atoms with E-state index in [1.54, 1.807) is 13.8 Å². The van der Waals surface area contributed by atoms with Crippen LogP contribution >= 0.6 is 0 Å². The highest BCUT2D eigenvalue weighted by Crippen LogP contribution is 2.36. The number of rotatable bonds is 3. The first-order valence-electron chi connectivity index (χ1n) is 7.04. The predicted octanol–water partition coefficient (Wildman–Crippen LogP) is 2.77. The van der Waals surface area contributed by atoms with Crippen molar-refractivity contribution in [2.24, 2.45) is 5.92 Å². The highest BCUT2D eigenvalue weighted by atomic mass is 32.2. The first-order valence-corrected chi connectivity index (χ1v) is 8.54. The second kappa shape index (κ2) is 5.27. The summed E-state index contributed by atoms with van der Waals surface area (Å²) in [7, 11) is -3.04. The zero-order chi connectivity index (χ0) is 12.5. The first kappa shape index (κ1) is 13.3. The van der Waals surface area contributed by atoms with E-state index >= 15 is 0 Å². The minimum absolute atomic E-state index is 0.272. The Morgan fingerprint density at radius 2 is 1.65 bits per heavy atom. The van der Waals surface area contributed by atoms with Gasteiger partial charge in [0.25, 0.3) is 0 Å². The van der Waals surface area contributed by atoms with E-state index in [4.69, 9.17) is 0 Å². The highest BCUT2D eigenvalue weighted by Gasteiger charge is 2.39. The van der Waals surface area contributed by atoms with E-state index in [1.165, 1.54) is 32.1 Å². The normalized spacial score (nSPS) is 29.0. The van der Waals surface area contributed by atoms with Gasteiger partial charge in [-0.25, -0.2) is 8.42 Å². The maximum absolute atomic E-state index is 12.3. The average Bonchev–Trinajstić information content (AvgIpc) is 2.79. The van der Waals surface area contributed by atoms with Gasteiger partial charge >= 0.3 is 0 Å². The molecule has 2 aliphatic rings. The van der Waals surface area contributed by atoms with Crippen molar-refractivity contribution < 1.29 is 8.42 Å². The summed E-state index contributed by atoms with van der Waals surface area (Å²) in [5.41, 5.74) is 0. The smallest absolute Gasteiger partial charge is 0.212 e. The van der Waals surface area contributed by atoms with Crippen LogP contribution in [0, 0.1) is 5.92 Å². The fourth-order valence-electron chi connectivity index (χ4n) is 3.34. The van der Waals surface area contributed by atoms with Gasteiger partial charge in [-0.2, -0.15) is 4.31 Å². The Bertz CT molecular complexity index is 344. The van der Waals surface area contributed by atoms with Gasteiger partial charge < -0.3 is 0 Å². The number of nitrogens with zero attached hydrogens (tertiary/aromatic N) is 1. The van der Waals surface area contributed by atoms with E-state index in [9.17, 15) is 8.42 Å². The fourth-order valence-corrected chi connectivity index (χ4v) is 4.92. The van der Waals surface area contributed by atoms with E-state index in [0.29, 0.717) is 12.0 Å². The molecule has 2 rings (SSSR count). The third kappa shape index (κ3) is 2.68. The molecule has 0 N–H and O–H groups in total. The summed E-state index contributed by atoms with van der Waals surface area (Å²) in [5.74, 6) is 0.625. The van der Waals surface area contributed by atoms with Crippen molar-refractivity contribution in [3.05, 3.63) is 0 Å². The van der Waals surface area contributed by atoms with Gasteiger partial charge in [0, 0.05) is 12.6 Å². The lowest BCUT2D eigenvalue weighted by Crippen LogP contribution is -2.43. The zero-order valence-corrected chi connectivity index (χ0v) is 11.9. The quantitative estimate of drug-likeness (QED) is 0.781. The lowest BCUT2D eigenvalue weighted by molar-refractivity contribution is 0.225. The Kier molecular flexibility index (Phi) is 4.14. The van der Waals surface area contributed by atoms with Crippen molar-refractivity contribution in [3.8, 4) is 0 Å². The summed E-state index contributed by atoms with van der Waals surface area (Å²) in [6, 6.07) is 0.308. The maximum atomic E-state index is 12.3. The van der Waals surface area contributed by atoms with Gasteiger partial charge in [0.05, 0.1) is 5.25 Å². The third-order valence-electron chi connectivity index (χ3n) is 4.36. The summed E-state index contributed by atoms with van der Waals surface area (Å²) in [6.07, 6.45) is 8.50. The molecule has 0 radical (unpaired) electrons. The van der Waals surface area contributed by atoms with Gasteiger partial charge in [-0.3, -0.25) is 0 Å². The highest BCUT2D eigenvalue weighted by molar-refractivity contribution is 7.89. The van der Waals surface area contributed by atoms with Gasteiger partial charge in [-0.1, -0.05) is 19.3 Å². The van der Waals surface area contributed by atoms with Crippen LogP contribution in [0.4, 0.5) is 0 Å². The van der Waals surface area contributed by atoms with Crippen LogP contribution < -0.4 is 0 Å². The van der Waals surface area contributed by atoms with E-state index in [1.807, 2.05) is 4.31 Å². The lowest BCUT2D eigenvalue weighted by atomic mass is 9.83. The Morgan fingerprint density at radius 3 is 2.24 bits per heavy atom. The van der Waals surface area contributed by atoms with Crippen molar-refractivity contribution in [1.82, 2.24) is 4.31 Å². The molecule has 1 aliphatic carbocycles. The maximum Gasteiger partial charge on any atom is 0.216 e. The van der Waals surface area contributed by atoms with Crippen molar-refractivity contribution in [3.63, 3.8) is 0 Å². The van der Waals surface area contributed by atoms with Crippen LogP contribution in [0.25, 0.3) is 0 Å². The van der Waals surface area contributed by atoms with Crippen LogP contribution in [0.15, 0.2) is 0 Å². The number of hydrogen-bond acceptors (Lipinski definition) is 2. The minimum Gasteiger partial charge on any atom is -0.212 e. The molecule has 1 atom stereocenters. The van der Waals surface area contributed by atoms with E-state index in [0.717, 1.165) is 19.4 Å². The van der Waals surface area contributed by atoms with E-state index in [-0.39, 0.29) is 5.25 Å². The Hall–Kier alpha value is -0.0900. The van der Waals surface area contributed by atoms with Crippen LogP contribution in [0.1, 0.15) is 58.8 Å². The van der Waals surface area contributed by atoms with Crippen molar-refractivity contribution >= 4 is 10.0 Å². The first-order chi connectivity index (χ1) is 8.03. The zero-order valence-electron chi connectivity index (χ0n) is 11.1. The molecular formula is C13H25NO2S. The molecule has 4 heteroatoms. The van der Waals surface area contributed by atoms with Gasteiger partial charge in [0.2, 0.25) is 10.0 Å². The van der Waals surface area contributed by atoms with Crippen molar-refractivity contribution in [2.75, 3.05) is 6.54 Å². The Labute approximate surface area is 106 Å². The molecule has 1 saturated carbocycles. The second-order valence-electron chi connectivity index (χ2n) is 5.81. The van der Waals surface area contributed by atoms with Gasteiger partial charge in [-0.05, 0) is 45.4 Å². The molecule has 1 saturated heterocycles. The van der Waals surface area contributed by atoms with Crippen LogP contribution in [-0.4, -0.2) is 30.6 Å². The molecule has 0 aromatic rings. The lowest BCUT2D eigenvalue weighted by Gasteiger charge is -2.34. The fraction of sp³-hybridized carbons (Fsp3) is 1.00. The summed E-state index contributed by atoms with van der Waals surface area (Å²) >= 11 is 0. The summed E-state index contributed by atoms with van der Waals surface area (Å²) in [4.78, 5) is 0. The molecule has 0 bridgehead atoms. The Balaban J connectivity index is 2.11. The molecule has 1 heterocycles. The molecule has 0 aromatic carbocycles. The topological polar surface area (TPSA) is 37.4 Å². The van der Waals surface area contributed by atoms with Crippen LogP contribution in [0.3, 0.4) is 0 Å². The van der Waals surface area contributed by atoms with Crippen LogP contribution in [-0.2, 0) is 10.0 Å². The summed E-state index contributed by atoms with van der Waals surface area (Å²) < 4.78 is 26.5. The summed E-state index contributed by atoms with van der Waals surface area (Å²) in [6.45, 7) is 4.35. The standard InChI is InChI=1S/C13H25NO2S/c1-11(2)17(15,16)14-10-6-9-13(14)12-7-4-3-5-8-12/h11-13H,3-10H2,1-2H3. The largest absolute Gasteiger partial charge is 0.216 e. The molecule has 0 spiro atoms. The Morgan fingerprint density at radius 1 is 1.00 bits per heavy atom. The number of hydrogen-bond donors (Lipinski definition) is 0. The van der Waals surface area contributed by atoms with Gasteiger partial charge in [-0.15, -0.1) is 0 Å². The molecule has 17 heavy (non-hydrogen) atoms. The predicted molar refractivity (Wildman–Crippen MR) is 70.4 cm³/mol. The molecule has 100 valence electrons. The molecule has 1 aliphatic heterocycles. The van der Waals surface area contributed by atoms with Gasteiger partial charge in [0.15, 0.2) is 0 Å². The molecule has 0 amide bonds. The third-order valence-corrected chi connectivity index (χ3v) is 6.66. The van der Waals surface area contributed by atoms with Crippen molar-refractivity contribution in [2.45, 2.75) is 70.1 Å². The number of sulfonamides is 1. The van der Waals surface area contributed by atoms with E-state index in [2.05, 4.69) is 0 Å². The molecule has 0 aromatic heterocycles. The molecular weight excluding hydrogens is 234 g/mol. The SMILES string of the molecule is CC(C)S(=O)(=O)N1CCCC1C1CCCCC1. The molecule has 3 nitrogen and oxygen atoms in total. The van der Waals surface area contributed by atoms with Crippen LogP contribution in [0.2, 0.25) is 0 Å². The summed E-state index contributed by atoms with van der Waals surface area (Å²) in [5, 5.41) is -0.272. The van der Waals surface area contributed by atoms with E-state index < -0.39 is 10.0 Å². The average molecular weight is 259 g/mol. The molecule has 2 fully saturated rings. The van der Waals surface area contributed by atoms with Crippen LogP contribution in [0.5, 0.6) is 0 Å².